The lowest BCUT2D eigenvalue weighted by Crippen LogP contribution is -2.49. The van der Waals surface area contributed by atoms with Crippen molar-refractivity contribution in [2.45, 2.75) is 32.4 Å². The van der Waals surface area contributed by atoms with Gasteiger partial charge in [0.25, 0.3) is 0 Å². The summed E-state index contributed by atoms with van der Waals surface area (Å²) in [5.41, 5.74) is 2.91. The number of anilines is 2. The number of rotatable bonds is 5. The summed E-state index contributed by atoms with van der Waals surface area (Å²) in [6.45, 7) is 8.22. The molecule has 1 aromatic carbocycles. The minimum atomic E-state index is -3.33. The molecule has 0 N–H and O–H groups in total. The van der Waals surface area contributed by atoms with Gasteiger partial charge in [0, 0.05) is 51.0 Å². The molecule has 2 aromatic rings. The first-order valence-corrected chi connectivity index (χ1v) is 11.9. The minimum Gasteiger partial charge on any atom is -0.356 e. The van der Waals surface area contributed by atoms with Crippen LogP contribution >= 0.6 is 0 Å². The van der Waals surface area contributed by atoms with Crippen molar-refractivity contribution in [1.82, 2.24) is 14.3 Å². The monoisotopic (exact) mass is 415 g/mol. The van der Waals surface area contributed by atoms with E-state index in [9.17, 15) is 8.42 Å². The Bertz CT molecular complexity index is 948. The highest BCUT2D eigenvalue weighted by molar-refractivity contribution is 7.88. The van der Waals surface area contributed by atoms with Crippen LogP contribution in [0.15, 0.2) is 30.3 Å². The van der Waals surface area contributed by atoms with Gasteiger partial charge in [0.15, 0.2) is 0 Å². The maximum Gasteiger partial charge on any atom is 0.227 e. The summed E-state index contributed by atoms with van der Waals surface area (Å²) in [4.78, 5) is 13.8. The van der Waals surface area contributed by atoms with Crippen LogP contribution in [-0.4, -0.2) is 62.0 Å². The second-order valence-electron chi connectivity index (χ2n) is 7.99. The normalized spacial score (nSPS) is 18.4. The molecule has 8 heteroatoms. The average Bonchev–Trinajstić information content (AvgIpc) is 3.24. The molecule has 0 aliphatic carbocycles. The van der Waals surface area contributed by atoms with Crippen molar-refractivity contribution in [3.05, 3.63) is 47.2 Å². The van der Waals surface area contributed by atoms with Crippen LogP contribution < -0.4 is 9.80 Å². The largest absolute Gasteiger partial charge is 0.356 e. The van der Waals surface area contributed by atoms with E-state index in [1.54, 1.807) is 4.31 Å². The highest BCUT2D eigenvalue weighted by Gasteiger charge is 2.28. The fraction of sp³-hybridized carbons (Fsp3) is 0.524. The zero-order valence-corrected chi connectivity index (χ0v) is 18.0. The second kappa shape index (κ2) is 8.28. The van der Waals surface area contributed by atoms with E-state index in [0.29, 0.717) is 32.1 Å². The quantitative estimate of drug-likeness (QED) is 0.747. The van der Waals surface area contributed by atoms with Crippen LogP contribution in [0.2, 0.25) is 0 Å². The average molecular weight is 416 g/mol. The van der Waals surface area contributed by atoms with Gasteiger partial charge in [-0.3, -0.25) is 0 Å². The van der Waals surface area contributed by atoms with Gasteiger partial charge in [0.2, 0.25) is 16.0 Å². The fourth-order valence-corrected chi connectivity index (χ4v) is 5.45. The third kappa shape index (κ3) is 4.70. The van der Waals surface area contributed by atoms with Gasteiger partial charge in [-0.2, -0.15) is 9.29 Å². The van der Waals surface area contributed by atoms with E-state index >= 15 is 0 Å². The van der Waals surface area contributed by atoms with Gasteiger partial charge in [-0.1, -0.05) is 29.8 Å². The Balaban J connectivity index is 1.42. The predicted octanol–water partition coefficient (Wildman–Crippen LogP) is 2.35. The van der Waals surface area contributed by atoms with Gasteiger partial charge < -0.3 is 9.80 Å². The van der Waals surface area contributed by atoms with Crippen molar-refractivity contribution in [3.63, 3.8) is 0 Å². The molecule has 2 fully saturated rings. The van der Waals surface area contributed by atoms with E-state index in [-0.39, 0.29) is 5.75 Å². The summed E-state index contributed by atoms with van der Waals surface area (Å²) in [5.74, 6) is 1.75. The number of hydrogen-bond donors (Lipinski definition) is 0. The molecule has 0 atom stereocenters. The third-order valence-corrected chi connectivity index (χ3v) is 7.49. The number of benzene rings is 1. The van der Waals surface area contributed by atoms with E-state index < -0.39 is 10.0 Å². The number of aromatic nitrogens is 2. The van der Waals surface area contributed by atoms with Crippen molar-refractivity contribution in [2.75, 3.05) is 49.1 Å². The van der Waals surface area contributed by atoms with Crippen molar-refractivity contribution < 1.29 is 8.42 Å². The van der Waals surface area contributed by atoms with Crippen LogP contribution in [-0.2, 0) is 15.8 Å². The highest BCUT2D eigenvalue weighted by atomic mass is 32.2. The van der Waals surface area contributed by atoms with Crippen molar-refractivity contribution in [3.8, 4) is 0 Å². The first-order valence-electron chi connectivity index (χ1n) is 10.3. The lowest BCUT2D eigenvalue weighted by atomic mass is 10.2. The summed E-state index contributed by atoms with van der Waals surface area (Å²) in [5, 5.41) is 0. The molecule has 4 rings (SSSR count). The number of piperazine rings is 1. The van der Waals surface area contributed by atoms with Crippen LogP contribution in [0.4, 0.5) is 11.8 Å². The Morgan fingerprint density at radius 1 is 0.862 bits per heavy atom. The number of hydrogen-bond acceptors (Lipinski definition) is 6. The van der Waals surface area contributed by atoms with E-state index in [1.807, 2.05) is 44.2 Å². The van der Waals surface area contributed by atoms with Crippen molar-refractivity contribution >= 4 is 21.8 Å². The van der Waals surface area contributed by atoms with Gasteiger partial charge in [0.05, 0.1) is 5.75 Å². The smallest absolute Gasteiger partial charge is 0.227 e. The topological polar surface area (TPSA) is 69.6 Å². The van der Waals surface area contributed by atoms with E-state index in [0.717, 1.165) is 35.7 Å². The lowest BCUT2D eigenvalue weighted by molar-refractivity contribution is 0.382. The summed E-state index contributed by atoms with van der Waals surface area (Å²) in [6, 6.07) is 9.73. The van der Waals surface area contributed by atoms with Crippen molar-refractivity contribution in [2.24, 2.45) is 0 Å². The highest BCUT2D eigenvalue weighted by Crippen LogP contribution is 2.23. The van der Waals surface area contributed by atoms with Gasteiger partial charge in [-0.25, -0.2) is 13.4 Å². The van der Waals surface area contributed by atoms with E-state index in [1.165, 1.54) is 12.8 Å². The van der Waals surface area contributed by atoms with Gasteiger partial charge in [-0.15, -0.1) is 0 Å². The number of nitrogens with zero attached hydrogens (tertiary/aromatic N) is 5. The maximum atomic E-state index is 12.8. The van der Waals surface area contributed by atoms with Gasteiger partial charge in [-0.05, 0) is 32.3 Å². The van der Waals surface area contributed by atoms with Gasteiger partial charge in [0.1, 0.15) is 5.82 Å². The molecule has 0 amide bonds. The first kappa shape index (κ1) is 20.1. The Morgan fingerprint density at radius 2 is 1.52 bits per heavy atom. The Morgan fingerprint density at radius 3 is 2.17 bits per heavy atom. The standard InChI is InChI=1S/C21H29N5O2S/c1-17-5-7-19(8-6-17)16-29(27,28)26-13-11-25(12-14-26)21-22-18(2)15-20(23-21)24-9-3-4-10-24/h5-8,15H,3-4,9-14,16H2,1-2H3. The summed E-state index contributed by atoms with van der Waals surface area (Å²) in [7, 11) is -3.33. The Kier molecular flexibility index (Phi) is 5.74. The molecule has 1 aromatic heterocycles. The second-order valence-corrected chi connectivity index (χ2v) is 9.96. The number of sulfonamides is 1. The summed E-state index contributed by atoms with van der Waals surface area (Å²) >= 11 is 0. The molecule has 3 heterocycles. The molecule has 0 bridgehead atoms. The van der Waals surface area contributed by atoms with E-state index in [4.69, 9.17) is 4.98 Å². The molecule has 0 radical (unpaired) electrons. The van der Waals surface area contributed by atoms with Crippen LogP contribution in [0.25, 0.3) is 0 Å². The minimum absolute atomic E-state index is 0.0489. The molecule has 0 saturated carbocycles. The first-order chi connectivity index (χ1) is 13.9. The molecule has 0 unspecified atom stereocenters. The summed E-state index contributed by atoms with van der Waals surface area (Å²) in [6.07, 6.45) is 2.41. The Hall–Kier alpha value is -2.19. The van der Waals surface area contributed by atoms with Crippen LogP contribution in [0, 0.1) is 13.8 Å². The zero-order chi connectivity index (χ0) is 20.4. The molecule has 2 saturated heterocycles. The molecule has 29 heavy (non-hydrogen) atoms. The summed E-state index contributed by atoms with van der Waals surface area (Å²) < 4.78 is 27.3. The van der Waals surface area contributed by atoms with Crippen molar-refractivity contribution in [1.29, 1.82) is 0 Å². The molecule has 156 valence electrons. The number of aryl methyl sites for hydroxylation is 2. The van der Waals surface area contributed by atoms with Crippen LogP contribution in [0.1, 0.15) is 29.7 Å². The Labute approximate surface area is 173 Å². The van der Waals surface area contributed by atoms with Crippen LogP contribution in [0.5, 0.6) is 0 Å². The molecular weight excluding hydrogens is 386 g/mol. The predicted molar refractivity (Wildman–Crippen MR) is 116 cm³/mol. The SMILES string of the molecule is Cc1ccc(CS(=O)(=O)N2CCN(c3nc(C)cc(N4CCCC4)n3)CC2)cc1. The molecule has 2 aliphatic heterocycles. The van der Waals surface area contributed by atoms with E-state index in [2.05, 4.69) is 14.8 Å². The third-order valence-electron chi connectivity index (χ3n) is 5.64. The molecule has 2 aliphatic rings. The molecule has 7 nitrogen and oxygen atoms in total. The molecule has 0 spiro atoms. The van der Waals surface area contributed by atoms with Crippen LogP contribution in [0.3, 0.4) is 0 Å². The molecular formula is C21H29N5O2S. The van der Waals surface area contributed by atoms with Gasteiger partial charge >= 0.3 is 0 Å². The zero-order valence-electron chi connectivity index (χ0n) is 17.2. The lowest BCUT2D eigenvalue weighted by Gasteiger charge is -2.34. The maximum absolute atomic E-state index is 12.8. The fourth-order valence-electron chi connectivity index (χ4n) is 3.94.